The van der Waals surface area contributed by atoms with Gasteiger partial charge in [0.1, 0.15) is 0 Å². The van der Waals surface area contributed by atoms with Crippen molar-refractivity contribution in [2.75, 3.05) is 6.54 Å². The normalized spacial score (nSPS) is 14.7. The molecule has 0 amide bonds. The maximum absolute atomic E-state index is 5.89. The molecule has 1 aliphatic carbocycles. The van der Waals surface area contributed by atoms with Gasteiger partial charge in [0, 0.05) is 17.3 Å². The molecule has 1 N–H and O–H groups in total. The van der Waals surface area contributed by atoms with Crippen molar-refractivity contribution >= 4 is 11.6 Å². The topological polar surface area (TPSA) is 29.9 Å². The Labute approximate surface area is 124 Å². The first kappa shape index (κ1) is 13.7. The van der Waals surface area contributed by atoms with E-state index in [2.05, 4.69) is 16.6 Å². The second kappa shape index (κ2) is 6.42. The maximum atomic E-state index is 5.89. The Morgan fingerprint density at radius 3 is 2.75 bits per heavy atom. The van der Waals surface area contributed by atoms with Crippen LogP contribution >= 0.6 is 11.6 Å². The van der Waals surface area contributed by atoms with Crippen molar-refractivity contribution in [3.05, 3.63) is 52.8 Å². The maximum Gasteiger partial charge on any atom is 0.0659 e. The van der Waals surface area contributed by atoms with Crippen molar-refractivity contribution in [3.8, 4) is 0 Å². The van der Waals surface area contributed by atoms with Gasteiger partial charge in [0.25, 0.3) is 0 Å². The third kappa shape index (κ3) is 4.09. The van der Waals surface area contributed by atoms with Gasteiger partial charge in [0.05, 0.1) is 12.7 Å². The van der Waals surface area contributed by atoms with Gasteiger partial charge in [0.15, 0.2) is 0 Å². The van der Waals surface area contributed by atoms with Gasteiger partial charge in [-0.05, 0) is 55.5 Å². The summed E-state index contributed by atoms with van der Waals surface area (Å²) in [5, 5.41) is 8.74. The molecule has 0 unspecified atom stereocenters. The molecule has 0 spiro atoms. The summed E-state index contributed by atoms with van der Waals surface area (Å²) in [6.45, 7) is 1.92. The molecule has 0 aliphatic heterocycles. The van der Waals surface area contributed by atoms with Crippen molar-refractivity contribution in [2.24, 2.45) is 0 Å². The van der Waals surface area contributed by atoms with Crippen molar-refractivity contribution in [2.45, 2.75) is 38.3 Å². The molecule has 1 aromatic carbocycles. The molecule has 2 aromatic rings. The number of aromatic nitrogens is 2. The van der Waals surface area contributed by atoms with Gasteiger partial charge < -0.3 is 5.32 Å². The summed E-state index contributed by atoms with van der Waals surface area (Å²) < 4.78 is 1.99. The fourth-order valence-corrected chi connectivity index (χ4v) is 2.41. The number of nitrogens with one attached hydrogen (secondary N) is 1. The lowest BCUT2D eigenvalue weighted by Crippen LogP contribution is -2.17. The lowest BCUT2D eigenvalue weighted by Gasteiger charge is -2.02. The molecule has 20 heavy (non-hydrogen) atoms. The van der Waals surface area contributed by atoms with Crippen LogP contribution in [0.1, 0.15) is 30.4 Å². The zero-order valence-corrected chi connectivity index (χ0v) is 12.3. The fraction of sp³-hybridized carbons (Fsp3) is 0.438. The molecule has 0 saturated heterocycles. The average Bonchev–Trinajstić information content (AvgIpc) is 3.17. The van der Waals surface area contributed by atoms with Crippen molar-refractivity contribution in [3.63, 3.8) is 0 Å². The zero-order valence-electron chi connectivity index (χ0n) is 11.6. The quantitative estimate of drug-likeness (QED) is 0.793. The Morgan fingerprint density at radius 2 is 2.00 bits per heavy atom. The molecule has 0 atom stereocenters. The van der Waals surface area contributed by atoms with Crippen LogP contribution in [0.5, 0.6) is 0 Å². The summed E-state index contributed by atoms with van der Waals surface area (Å²) >= 11 is 5.89. The van der Waals surface area contributed by atoms with E-state index < -0.39 is 0 Å². The van der Waals surface area contributed by atoms with E-state index in [1.165, 1.54) is 30.4 Å². The average molecular weight is 290 g/mol. The summed E-state index contributed by atoms with van der Waals surface area (Å²) in [6, 6.07) is 8.74. The van der Waals surface area contributed by atoms with E-state index in [4.69, 9.17) is 11.6 Å². The van der Waals surface area contributed by atoms with E-state index >= 15 is 0 Å². The van der Waals surface area contributed by atoms with Crippen molar-refractivity contribution in [1.82, 2.24) is 15.1 Å². The summed E-state index contributed by atoms with van der Waals surface area (Å²) in [5.41, 5.74) is 2.54. The Kier molecular flexibility index (Phi) is 4.38. The van der Waals surface area contributed by atoms with Gasteiger partial charge in [-0.15, -0.1) is 0 Å². The third-order valence-corrected chi connectivity index (χ3v) is 3.85. The van der Waals surface area contributed by atoms with Crippen LogP contribution in [-0.2, 0) is 13.0 Å². The SMILES string of the molecule is Clc1ccc(Cn2cc(CCCNC3CC3)cn2)cc1. The zero-order chi connectivity index (χ0) is 13.8. The molecule has 3 nitrogen and oxygen atoms in total. The number of hydrogen-bond acceptors (Lipinski definition) is 2. The number of benzene rings is 1. The van der Waals surface area contributed by atoms with Crippen LogP contribution < -0.4 is 5.32 Å². The highest BCUT2D eigenvalue weighted by atomic mass is 35.5. The number of aryl methyl sites for hydroxylation is 1. The van der Waals surface area contributed by atoms with E-state index in [0.717, 1.165) is 30.6 Å². The van der Waals surface area contributed by atoms with Gasteiger partial charge in [0.2, 0.25) is 0 Å². The van der Waals surface area contributed by atoms with Gasteiger partial charge >= 0.3 is 0 Å². The third-order valence-electron chi connectivity index (χ3n) is 3.60. The van der Waals surface area contributed by atoms with Gasteiger partial charge in [-0.2, -0.15) is 5.10 Å². The number of hydrogen-bond donors (Lipinski definition) is 1. The standard InChI is InChI=1S/C16H20ClN3/c17-15-5-3-13(4-6-15)11-20-12-14(10-19-20)2-1-9-18-16-7-8-16/h3-6,10,12,16,18H,1-2,7-9,11H2. The number of nitrogens with zero attached hydrogens (tertiary/aromatic N) is 2. The molecule has 1 aromatic heterocycles. The van der Waals surface area contributed by atoms with Gasteiger partial charge in [-0.3, -0.25) is 4.68 Å². The van der Waals surface area contributed by atoms with E-state index in [0.29, 0.717) is 0 Å². The first-order valence-electron chi connectivity index (χ1n) is 7.29. The van der Waals surface area contributed by atoms with Crippen LogP contribution in [-0.4, -0.2) is 22.4 Å². The minimum Gasteiger partial charge on any atom is -0.314 e. The summed E-state index contributed by atoms with van der Waals surface area (Å²) in [7, 11) is 0. The molecule has 0 radical (unpaired) electrons. The highest BCUT2D eigenvalue weighted by Crippen LogP contribution is 2.18. The minimum atomic E-state index is 0.776. The molecule has 1 saturated carbocycles. The highest BCUT2D eigenvalue weighted by Gasteiger charge is 2.19. The van der Waals surface area contributed by atoms with Crippen molar-refractivity contribution < 1.29 is 0 Å². The lowest BCUT2D eigenvalue weighted by atomic mass is 10.2. The molecular formula is C16H20ClN3. The lowest BCUT2D eigenvalue weighted by molar-refractivity contribution is 0.644. The first-order chi connectivity index (χ1) is 9.79. The summed E-state index contributed by atoms with van der Waals surface area (Å²) in [5.74, 6) is 0. The Hall–Kier alpha value is -1.32. The minimum absolute atomic E-state index is 0.776. The predicted molar refractivity (Wildman–Crippen MR) is 82.1 cm³/mol. The van der Waals surface area contributed by atoms with Crippen LogP contribution in [0.2, 0.25) is 5.02 Å². The molecule has 4 heteroatoms. The van der Waals surface area contributed by atoms with Crippen LogP contribution in [0.15, 0.2) is 36.7 Å². The first-order valence-corrected chi connectivity index (χ1v) is 7.66. The van der Waals surface area contributed by atoms with E-state index in [1.54, 1.807) is 0 Å². The molecular weight excluding hydrogens is 270 g/mol. The molecule has 1 fully saturated rings. The van der Waals surface area contributed by atoms with Crippen LogP contribution in [0.4, 0.5) is 0 Å². The van der Waals surface area contributed by atoms with E-state index in [-0.39, 0.29) is 0 Å². The second-order valence-electron chi connectivity index (χ2n) is 5.50. The number of rotatable bonds is 7. The molecule has 3 rings (SSSR count). The Bertz CT molecular complexity index is 543. The largest absolute Gasteiger partial charge is 0.314 e. The van der Waals surface area contributed by atoms with E-state index in [9.17, 15) is 0 Å². The second-order valence-corrected chi connectivity index (χ2v) is 5.94. The van der Waals surface area contributed by atoms with Crippen molar-refractivity contribution in [1.29, 1.82) is 0 Å². The summed E-state index contributed by atoms with van der Waals surface area (Å²) in [6.07, 6.45) is 9.13. The molecule has 106 valence electrons. The van der Waals surface area contributed by atoms with Crippen LogP contribution in [0.25, 0.3) is 0 Å². The highest BCUT2D eigenvalue weighted by molar-refractivity contribution is 6.30. The predicted octanol–water partition coefficient (Wildman–Crippen LogP) is 3.27. The Balaban J connectivity index is 1.46. The van der Waals surface area contributed by atoms with Gasteiger partial charge in [-0.25, -0.2) is 0 Å². The monoisotopic (exact) mass is 289 g/mol. The Morgan fingerprint density at radius 1 is 1.20 bits per heavy atom. The molecule has 1 heterocycles. The number of halogens is 1. The smallest absolute Gasteiger partial charge is 0.0659 e. The summed E-state index contributed by atoms with van der Waals surface area (Å²) in [4.78, 5) is 0. The van der Waals surface area contributed by atoms with Crippen LogP contribution in [0, 0.1) is 0 Å². The van der Waals surface area contributed by atoms with Gasteiger partial charge in [-0.1, -0.05) is 23.7 Å². The molecule has 1 aliphatic rings. The van der Waals surface area contributed by atoms with Crippen LogP contribution in [0.3, 0.4) is 0 Å². The molecule has 0 bridgehead atoms. The van der Waals surface area contributed by atoms with E-state index in [1.807, 2.05) is 35.1 Å². The fourth-order valence-electron chi connectivity index (χ4n) is 2.28.